The van der Waals surface area contributed by atoms with Crippen molar-refractivity contribution < 1.29 is 14.3 Å². The summed E-state index contributed by atoms with van der Waals surface area (Å²) < 4.78 is 6.85. The Hall–Kier alpha value is -1.88. The van der Waals surface area contributed by atoms with Gasteiger partial charge in [-0.1, -0.05) is 34.5 Å². The van der Waals surface area contributed by atoms with Crippen molar-refractivity contribution in [3.63, 3.8) is 0 Å². The largest absolute Gasteiger partial charge is 0.459 e. The molecule has 0 bridgehead atoms. The number of rotatable bonds is 3. The molecule has 1 heterocycles. The maximum atomic E-state index is 13.3. The molecule has 1 saturated carbocycles. The van der Waals surface area contributed by atoms with Crippen molar-refractivity contribution in [2.75, 3.05) is 0 Å². The number of carbonyl (C=O) groups is 2. The van der Waals surface area contributed by atoms with Crippen LogP contribution in [0.15, 0.2) is 51.3 Å². The Balaban J connectivity index is 1.74. The van der Waals surface area contributed by atoms with E-state index in [9.17, 15) is 9.59 Å². The van der Waals surface area contributed by atoms with Crippen LogP contribution in [0.3, 0.4) is 0 Å². The molecule has 1 unspecified atom stereocenters. The maximum absolute atomic E-state index is 13.3. The molecule has 0 radical (unpaired) electrons. The molecule has 1 aliphatic heterocycles. The van der Waals surface area contributed by atoms with Crippen LogP contribution in [0, 0.1) is 0 Å². The van der Waals surface area contributed by atoms with Crippen molar-refractivity contribution in [3.05, 3.63) is 56.8 Å². The number of hydrogen-bond donors (Lipinski definition) is 1. The third-order valence-corrected chi connectivity index (χ3v) is 6.50. The average molecular weight is 444 g/mol. The lowest BCUT2D eigenvalue weighted by Crippen LogP contribution is -2.35. The van der Waals surface area contributed by atoms with Crippen molar-refractivity contribution in [1.29, 1.82) is 0 Å². The van der Waals surface area contributed by atoms with Gasteiger partial charge in [-0.15, -0.1) is 0 Å². The van der Waals surface area contributed by atoms with E-state index in [1.807, 2.05) is 31.2 Å². The summed E-state index contributed by atoms with van der Waals surface area (Å²) in [7, 11) is 0. The SMILES string of the molecule is CC1=C(C(=O)OC2CCCCC2)C(c2cccc(Br)c2)C2=C(CCCC2=O)N1. The molecular weight excluding hydrogens is 418 g/mol. The molecule has 0 aromatic heterocycles. The van der Waals surface area contributed by atoms with Crippen LogP contribution in [0.25, 0.3) is 0 Å². The molecule has 5 heteroatoms. The first-order chi connectivity index (χ1) is 13.5. The van der Waals surface area contributed by atoms with Gasteiger partial charge in [0, 0.05) is 33.8 Å². The second-order valence-corrected chi connectivity index (χ2v) is 8.90. The summed E-state index contributed by atoms with van der Waals surface area (Å²) in [4.78, 5) is 26.1. The molecule has 4 rings (SSSR count). The summed E-state index contributed by atoms with van der Waals surface area (Å²) in [6.45, 7) is 1.92. The van der Waals surface area contributed by atoms with Gasteiger partial charge in [-0.3, -0.25) is 4.79 Å². The van der Waals surface area contributed by atoms with E-state index in [4.69, 9.17) is 4.74 Å². The number of nitrogens with one attached hydrogen (secondary N) is 1. The fraction of sp³-hybridized carbons (Fsp3) is 0.478. The zero-order valence-electron chi connectivity index (χ0n) is 16.2. The number of ether oxygens (including phenoxy) is 1. The quantitative estimate of drug-likeness (QED) is 0.644. The molecule has 0 spiro atoms. The van der Waals surface area contributed by atoms with E-state index >= 15 is 0 Å². The van der Waals surface area contributed by atoms with E-state index in [-0.39, 0.29) is 23.8 Å². The highest BCUT2D eigenvalue weighted by molar-refractivity contribution is 9.10. The molecule has 28 heavy (non-hydrogen) atoms. The van der Waals surface area contributed by atoms with Gasteiger partial charge in [-0.05, 0) is 63.1 Å². The molecule has 148 valence electrons. The van der Waals surface area contributed by atoms with Crippen LogP contribution in [0.4, 0.5) is 0 Å². The van der Waals surface area contributed by atoms with Crippen molar-refractivity contribution in [3.8, 4) is 0 Å². The van der Waals surface area contributed by atoms with Crippen LogP contribution >= 0.6 is 15.9 Å². The Morgan fingerprint density at radius 3 is 2.68 bits per heavy atom. The fourth-order valence-electron chi connectivity index (χ4n) is 4.67. The molecule has 1 aromatic rings. The summed E-state index contributed by atoms with van der Waals surface area (Å²) in [6.07, 6.45) is 7.51. The van der Waals surface area contributed by atoms with Gasteiger partial charge in [-0.25, -0.2) is 4.79 Å². The Morgan fingerprint density at radius 1 is 1.14 bits per heavy atom. The zero-order valence-corrected chi connectivity index (χ0v) is 17.8. The van der Waals surface area contributed by atoms with Gasteiger partial charge in [-0.2, -0.15) is 0 Å². The lowest BCUT2D eigenvalue weighted by molar-refractivity contribution is -0.146. The average Bonchev–Trinajstić information content (AvgIpc) is 2.68. The molecule has 0 amide bonds. The minimum absolute atomic E-state index is 0.0119. The van der Waals surface area contributed by atoms with Crippen molar-refractivity contribution in [2.24, 2.45) is 0 Å². The Kier molecular flexibility index (Phi) is 5.72. The van der Waals surface area contributed by atoms with E-state index in [1.165, 1.54) is 6.42 Å². The van der Waals surface area contributed by atoms with E-state index in [1.54, 1.807) is 0 Å². The van der Waals surface area contributed by atoms with Crippen LogP contribution in [0.5, 0.6) is 0 Å². The third kappa shape index (κ3) is 3.82. The molecule has 3 aliphatic rings. The number of hydrogen-bond acceptors (Lipinski definition) is 4. The minimum Gasteiger partial charge on any atom is -0.459 e. The molecule has 2 aliphatic carbocycles. The van der Waals surface area contributed by atoms with Gasteiger partial charge in [0.1, 0.15) is 6.10 Å². The fourth-order valence-corrected chi connectivity index (χ4v) is 5.09. The van der Waals surface area contributed by atoms with Crippen molar-refractivity contribution in [1.82, 2.24) is 5.32 Å². The van der Waals surface area contributed by atoms with Gasteiger partial charge in [0.05, 0.1) is 5.57 Å². The van der Waals surface area contributed by atoms with Crippen LogP contribution in [-0.2, 0) is 14.3 Å². The first-order valence-corrected chi connectivity index (χ1v) is 11.0. The van der Waals surface area contributed by atoms with Crippen molar-refractivity contribution in [2.45, 2.75) is 70.3 Å². The summed E-state index contributed by atoms with van der Waals surface area (Å²) in [5.74, 6) is -0.515. The monoisotopic (exact) mass is 443 g/mol. The highest BCUT2D eigenvalue weighted by atomic mass is 79.9. The number of halogens is 1. The molecule has 1 N–H and O–H groups in total. The lowest BCUT2D eigenvalue weighted by atomic mass is 9.75. The minimum atomic E-state index is -0.363. The number of carbonyl (C=O) groups excluding carboxylic acids is 2. The maximum Gasteiger partial charge on any atom is 0.337 e. The summed E-state index contributed by atoms with van der Waals surface area (Å²) >= 11 is 3.53. The summed E-state index contributed by atoms with van der Waals surface area (Å²) in [5, 5.41) is 3.36. The zero-order chi connectivity index (χ0) is 19.7. The lowest BCUT2D eigenvalue weighted by Gasteiger charge is -2.35. The molecule has 1 aromatic carbocycles. The number of allylic oxidation sites excluding steroid dienone is 3. The highest BCUT2D eigenvalue weighted by Crippen LogP contribution is 2.43. The topological polar surface area (TPSA) is 55.4 Å². The predicted molar refractivity (Wildman–Crippen MR) is 112 cm³/mol. The summed E-state index contributed by atoms with van der Waals surface area (Å²) in [6, 6.07) is 7.91. The first-order valence-electron chi connectivity index (χ1n) is 10.2. The predicted octanol–water partition coefficient (Wildman–Crippen LogP) is 5.29. The second-order valence-electron chi connectivity index (χ2n) is 7.99. The van der Waals surface area contributed by atoms with Gasteiger partial charge >= 0.3 is 5.97 Å². The second kappa shape index (κ2) is 8.24. The van der Waals surface area contributed by atoms with Crippen LogP contribution in [0.2, 0.25) is 0 Å². The number of benzene rings is 1. The standard InChI is InChI=1S/C23H26BrNO3/c1-14-20(23(27)28-17-9-3-2-4-10-17)21(15-7-5-8-16(24)13-15)22-18(25-14)11-6-12-19(22)26/h5,7-8,13,17,21,25H,2-4,6,9-12H2,1H3. The number of Topliss-reactive ketones (excluding diaryl/α,β-unsaturated/α-hetero) is 1. The van der Waals surface area contributed by atoms with E-state index in [0.29, 0.717) is 12.0 Å². The molecule has 1 atom stereocenters. The normalized spacial score (nSPS) is 23.4. The smallest absolute Gasteiger partial charge is 0.337 e. The Bertz CT molecular complexity index is 864. The molecule has 4 nitrogen and oxygen atoms in total. The Labute approximate surface area is 174 Å². The number of dihydropyridines is 1. The van der Waals surface area contributed by atoms with E-state index in [0.717, 1.165) is 65.5 Å². The number of ketones is 1. The van der Waals surface area contributed by atoms with Gasteiger partial charge in [0.15, 0.2) is 5.78 Å². The first kappa shape index (κ1) is 19.4. The summed E-state index contributed by atoms with van der Waals surface area (Å²) in [5.41, 5.74) is 4.05. The van der Waals surface area contributed by atoms with Crippen LogP contribution in [-0.4, -0.2) is 17.9 Å². The van der Waals surface area contributed by atoms with Gasteiger partial charge in [0.25, 0.3) is 0 Å². The van der Waals surface area contributed by atoms with Crippen LogP contribution in [0.1, 0.15) is 69.8 Å². The molecule has 1 fully saturated rings. The Morgan fingerprint density at radius 2 is 1.93 bits per heavy atom. The van der Waals surface area contributed by atoms with E-state index in [2.05, 4.69) is 21.2 Å². The highest BCUT2D eigenvalue weighted by Gasteiger charge is 2.39. The number of esters is 1. The van der Waals surface area contributed by atoms with Crippen LogP contribution < -0.4 is 5.32 Å². The molecule has 0 saturated heterocycles. The van der Waals surface area contributed by atoms with Gasteiger partial charge < -0.3 is 10.1 Å². The van der Waals surface area contributed by atoms with E-state index < -0.39 is 0 Å². The van der Waals surface area contributed by atoms with Crippen molar-refractivity contribution >= 4 is 27.7 Å². The third-order valence-electron chi connectivity index (χ3n) is 6.00. The molecular formula is C23H26BrNO3. The van der Waals surface area contributed by atoms with Gasteiger partial charge in [0.2, 0.25) is 0 Å².